The molecule has 0 bridgehead atoms. The second kappa shape index (κ2) is 9.37. The highest BCUT2D eigenvalue weighted by atomic mass is 16.6. The Hall–Kier alpha value is -3.09. The van der Waals surface area contributed by atoms with Crippen LogP contribution in [0, 0.1) is 5.41 Å². The summed E-state index contributed by atoms with van der Waals surface area (Å²) in [5, 5.41) is 0. The zero-order valence-corrected chi connectivity index (χ0v) is 18.0. The van der Waals surface area contributed by atoms with Crippen molar-refractivity contribution < 1.29 is 19.1 Å². The van der Waals surface area contributed by atoms with Gasteiger partial charge in [-0.3, -0.25) is 9.78 Å². The van der Waals surface area contributed by atoms with Crippen molar-refractivity contribution in [3.8, 4) is 5.75 Å². The molecule has 4 rings (SSSR count). The maximum absolute atomic E-state index is 12.9. The summed E-state index contributed by atoms with van der Waals surface area (Å²) in [6.45, 7) is 5.62. The topological polar surface area (TPSA) is 72.0 Å². The Morgan fingerprint density at radius 2 is 1.68 bits per heavy atom. The van der Waals surface area contributed by atoms with Crippen LogP contribution in [0.5, 0.6) is 5.75 Å². The van der Waals surface area contributed by atoms with Crippen LogP contribution in [-0.4, -0.2) is 61.2 Å². The molecule has 0 radical (unpaired) electrons. The molecule has 1 amide bonds. The molecule has 7 heteroatoms. The van der Waals surface area contributed by atoms with E-state index in [0.29, 0.717) is 23.3 Å². The standard InChI is InChI=1S/C24H29N3O4/c1-2-30-22(28)17-31-21-5-3-19(4-6-21)23(29)26-14-9-24(10-15-26)11-16-27(18-24)20-7-12-25-13-8-20/h3-8,12-13H,2,9-11,14-18H2,1H3. The lowest BCUT2D eigenvalue weighted by molar-refractivity contribution is -0.145. The monoisotopic (exact) mass is 423 g/mol. The second-order valence-corrected chi connectivity index (χ2v) is 8.29. The van der Waals surface area contributed by atoms with Crippen LogP contribution in [-0.2, 0) is 9.53 Å². The fourth-order valence-electron chi connectivity index (χ4n) is 4.52. The average molecular weight is 424 g/mol. The van der Waals surface area contributed by atoms with Gasteiger partial charge in [-0.25, -0.2) is 4.79 Å². The Morgan fingerprint density at radius 3 is 2.35 bits per heavy atom. The number of rotatable bonds is 6. The molecule has 0 N–H and O–H groups in total. The average Bonchev–Trinajstić information content (AvgIpc) is 3.22. The maximum Gasteiger partial charge on any atom is 0.344 e. The highest BCUT2D eigenvalue weighted by Crippen LogP contribution is 2.42. The lowest BCUT2D eigenvalue weighted by Crippen LogP contribution is -2.44. The number of hydrogen-bond acceptors (Lipinski definition) is 6. The smallest absolute Gasteiger partial charge is 0.344 e. The van der Waals surface area contributed by atoms with Crippen molar-refractivity contribution in [3.63, 3.8) is 0 Å². The quantitative estimate of drug-likeness (QED) is 0.665. The molecule has 0 unspecified atom stereocenters. The predicted octanol–water partition coefficient (Wildman–Crippen LogP) is 3.16. The lowest BCUT2D eigenvalue weighted by atomic mass is 9.77. The zero-order valence-electron chi connectivity index (χ0n) is 18.0. The van der Waals surface area contributed by atoms with Gasteiger partial charge in [0.2, 0.25) is 0 Å². The first kappa shape index (κ1) is 21.2. The molecule has 7 nitrogen and oxygen atoms in total. The first-order valence-corrected chi connectivity index (χ1v) is 10.9. The number of carbonyl (C=O) groups is 2. The van der Waals surface area contributed by atoms with E-state index < -0.39 is 5.97 Å². The minimum atomic E-state index is -0.403. The Morgan fingerprint density at radius 1 is 1.00 bits per heavy atom. The van der Waals surface area contributed by atoms with Gasteiger partial charge in [0.15, 0.2) is 6.61 Å². The van der Waals surface area contributed by atoms with Gasteiger partial charge in [0.25, 0.3) is 5.91 Å². The van der Waals surface area contributed by atoms with Crippen LogP contribution in [0.1, 0.15) is 36.5 Å². The molecule has 2 saturated heterocycles. The van der Waals surface area contributed by atoms with Crippen LogP contribution < -0.4 is 9.64 Å². The van der Waals surface area contributed by atoms with Gasteiger partial charge in [-0.05, 0) is 68.0 Å². The zero-order chi connectivity index (χ0) is 21.7. The van der Waals surface area contributed by atoms with Crippen molar-refractivity contribution in [2.24, 2.45) is 5.41 Å². The third-order valence-corrected chi connectivity index (χ3v) is 6.34. The van der Waals surface area contributed by atoms with Gasteiger partial charge in [0.1, 0.15) is 5.75 Å². The molecular formula is C24H29N3O4. The summed E-state index contributed by atoms with van der Waals surface area (Å²) >= 11 is 0. The lowest BCUT2D eigenvalue weighted by Gasteiger charge is -2.39. The number of pyridine rings is 1. The number of likely N-dealkylation sites (tertiary alicyclic amines) is 1. The van der Waals surface area contributed by atoms with Gasteiger partial charge in [0.05, 0.1) is 6.61 Å². The van der Waals surface area contributed by atoms with Gasteiger partial charge in [-0.2, -0.15) is 0 Å². The van der Waals surface area contributed by atoms with Gasteiger partial charge < -0.3 is 19.3 Å². The van der Waals surface area contributed by atoms with E-state index in [-0.39, 0.29) is 12.5 Å². The number of esters is 1. The van der Waals surface area contributed by atoms with E-state index >= 15 is 0 Å². The first-order valence-electron chi connectivity index (χ1n) is 10.9. The normalized spacial score (nSPS) is 17.6. The van der Waals surface area contributed by atoms with E-state index in [1.165, 1.54) is 12.1 Å². The summed E-state index contributed by atoms with van der Waals surface area (Å²) < 4.78 is 10.2. The molecule has 1 aromatic heterocycles. The summed E-state index contributed by atoms with van der Waals surface area (Å²) in [4.78, 5) is 32.8. The summed E-state index contributed by atoms with van der Waals surface area (Å²) in [6.07, 6.45) is 6.91. The van der Waals surface area contributed by atoms with E-state index in [1.54, 1.807) is 31.2 Å². The maximum atomic E-state index is 12.9. The van der Waals surface area contributed by atoms with Gasteiger partial charge in [-0.15, -0.1) is 0 Å². The molecule has 0 saturated carbocycles. The van der Waals surface area contributed by atoms with Gasteiger partial charge in [-0.1, -0.05) is 0 Å². The van der Waals surface area contributed by atoms with Crippen LogP contribution in [0.25, 0.3) is 0 Å². The number of amides is 1. The number of aromatic nitrogens is 1. The summed E-state index contributed by atoms with van der Waals surface area (Å²) in [6, 6.07) is 11.1. The van der Waals surface area contributed by atoms with Crippen LogP contribution in [0.3, 0.4) is 0 Å². The van der Waals surface area contributed by atoms with Crippen molar-refractivity contribution in [1.29, 1.82) is 0 Å². The fourth-order valence-corrected chi connectivity index (χ4v) is 4.52. The number of ether oxygens (including phenoxy) is 2. The number of piperidine rings is 1. The van der Waals surface area contributed by atoms with Crippen molar-refractivity contribution in [2.45, 2.75) is 26.2 Å². The molecule has 2 fully saturated rings. The SMILES string of the molecule is CCOC(=O)COc1ccc(C(=O)N2CCC3(CC2)CCN(c2ccncc2)C3)cc1. The van der Waals surface area contributed by atoms with E-state index in [1.807, 2.05) is 17.3 Å². The molecule has 31 heavy (non-hydrogen) atoms. The highest BCUT2D eigenvalue weighted by molar-refractivity contribution is 5.94. The Kier molecular flexibility index (Phi) is 6.39. The third-order valence-electron chi connectivity index (χ3n) is 6.34. The Labute approximate surface area is 183 Å². The number of nitrogens with zero attached hydrogens (tertiary/aromatic N) is 3. The van der Waals surface area contributed by atoms with Crippen molar-refractivity contribution in [2.75, 3.05) is 44.3 Å². The van der Waals surface area contributed by atoms with E-state index in [4.69, 9.17) is 9.47 Å². The molecule has 2 aliphatic heterocycles. The molecule has 1 aromatic carbocycles. The fraction of sp³-hybridized carbons (Fsp3) is 0.458. The Balaban J connectivity index is 1.29. The van der Waals surface area contributed by atoms with Crippen LogP contribution in [0.2, 0.25) is 0 Å². The largest absolute Gasteiger partial charge is 0.482 e. The Bertz CT molecular complexity index is 893. The van der Waals surface area contributed by atoms with E-state index in [0.717, 1.165) is 39.0 Å². The van der Waals surface area contributed by atoms with Gasteiger partial charge >= 0.3 is 5.97 Å². The van der Waals surface area contributed by atoms with Crippen LogP contribution >= 0.6 is 0 Å². The molecule has 2 aromatic rings. The summed E-state index contributed by atoms with van der Waals surface area (Å²) in [5.74, 6) is 0.194. The summed E-state index contributed by atoms with van der Waals surface area (Å²) in [7, 11) is 0. The van der Waals surface area contributed by atoms with Crippen molar-refractivity contribution in [1.82, 2.24) is 9.88 Å². The van der Waals surface area contributed by atoms with Crippen LogP contribution in [0.15, 0.2) is 48.8 Å². The molecular weight excluding hydrogens is 394 g/mol. The minimum Gasteiger partial charge on any atom is -0.482 e. The highest BCUT2D eigenvalue weighted by Gasteiger charge is 2.41. The van der Waals surface area contributed by atoms with E-state index in [9.17, 15) is 9.59 Å². The molecule has 164 valence electrons. The summed E-state index contributed by atoms with van der Waals surface area (Å²) in [5.41, 5.74) is 2.17. The third kappa shape index (κ3) is 4.98. The van der Waals surface area contributed by atoms with Crippen molar-refractivity contribution >= 4 is 17.6 Å². The van der Waals surface area contributed by atoms with Crippen molar-refractivity contribution in [3.05, 3.63) is 54.4 Å². The second-order valence-electron chi connectivity index (χ2n) is 8.29. The van der Waals surface area contributed by atoms with Gasteiger partial charge in [0, 0.05) is 49.8 Å². The minimum absolute atomic E-state index is 0.0516. The number of anilines is 1. The molecule has 2 aliphatic rings. The van der Waals surface area contributed by atoms with Crippen LogP contribution in [0.4, 0.5) is 5.69 Å². The molecule has 0 atom stereocenters. The van der Waals surface area contributed by atoms with E-state index in [2.05, 4.69) is 22.0 Å². The first-order chi connectivity index (χ1) is 15.1. The number of carbonyl (C=O) groups excluding carboxylic acids is 2. The molecule has 0 aliphatic carbocycles. The number of hydrogen-bond donors (Lipinski definition) is 0. The predicted molar refractivity (Wildman–Crippen MR) is 117 cm³/mol. The molecule has 3 heterocycles. The molecule has 1 spiro atoms. The number of benzene rings is 1.